The molecule has 2 aromatic carbocycles. The highest BCUT2D eigenvalue weighted by Gasteiger charge is 2.49. The van der Waals surface area contributed by atoms with Crippen LogP contribution in [0.3, 0.4) is 0 Å². The molecule has 2 aliphatic rings. The molecule has 2 atom stereocenters. The molecule has 29 heavy (non-hydrogen) atoms. The van der Waals surface area contributed by atoms with Gasteiger partial charge in [0.05, 0.1) is 30.2 Å². The predicted molar refractivity (Wildman–Crippen MR) is 110 cm³/mol. The first-order valence-electron chi connectivity index (χ1n) is 9.57. The van der Waals surface area contributed by atoms with Crippen molar-refractivity contribution in [3.05, 3.63) is 65.7 Å². The molecule has 0 bridgehead atoms. The van der Waals surface area contributed by atoms with E-state index in [2.05, 4.69) is 5.32 Å². The van der Waals surface area contributed by atoms with Crippen molar-refractivity contribution in [2.45, 2.75) is 19.8 Å². The summed E-state index contributed by atoms with van der Waals surface area (Å²) in [4.78, 5) is 40.2. The Kier molecular flexibility index (Phi) is 4.92. The van der Waals surface area contributed by atoms with E-state index in [1.54, 1.807) is 55.6 Å². The van der Waals surface area contributed by atoms with Gasteiger partial charge in [-0.25, -0.2) is 4.90 Å². The summed E-state index contributed by atoms with van der Waals surface area (Å²) in [5.74, 6) is -0.922. The Hall–Kier alpha value is -3.41. The van der Waals surface area contributed by atoms with Gasteiger partial charge in [-0.1, -0.05) is 29.8 Å². The van der Waals surface area contributed by atoms with Gasteiger partial charge < -0.3 is 10.1 Å². The number of rotatable bonds is 4. The van der Waals surface area contributed by atoms with Gasteiger partial charge in [-0.3, -0.25) is 14.4 Å². The zero-order valence-corrected chi connectivity index (χ0v) is 16.3. The molecule has 1 saturated heterocycles. The summed E-state index contributed by atoms with van der Waals surface area (Å²) in [5.41, 5.74) is 2.30. The monoisotopic (exact) mass is 390 g/mol. The van der Waals surface area contributed by atoms with Crippen LogP contribution in [0.1, 0.15) is 30.1 Å². The number of para-hydroxylation sites is 1. The number of methoxy groups -OCH3 is 1. The maximum absolute atomic E-state index is 13.0. The second kappa shape index (κ2) is 7.54. The molecule has 1 heterocycles. The summed E-state index contributed by atoms with van der Waals surface area (Å²) < 4.78 is 5.18. The van der Waals surface area contributed by atoms with Crippen molar-refractivity contribution < 1.29 is 19.1 Å². The van der Waals surface area contributed by atoms with Gasteiger partial charge in [0.25, 0.3) is 5.91 Å². The average molecular weight is 390 g/mol. The molecule has 3 amide bonds. The van der Waals surface area contributed by atoms with Crippen LogP contribution < -0.4 is 15.0 Å². The van der Waals surface area contributed by atoms with E-state index in [0.717, 1.165) is 5.57 Å². The number of hydrogen-bond donors (Lipinski definition) is 1. The number of imide groups is 1. The highest BCUT2D eigenvalue weighted by molar-refractivity contribution is 6.25. The fourth-order valence-electron chi connectivity index (χ4n) is 4.03. The minimum Gasteiger partial charge on any atom is -0.497 e. The lowest BCUT2D eigenvalue weighted by atomic mass is 9.82. The van der Waals surface area contributed by atoms with Crippen molar-refractivity contribution in [1.82, 2.24) is 0 Å². The maximum Gasteiger partial charge on any atom is 0.257 e. The van der Waals surface area contributed by atoms with Crippen LogP contribution in [-0.4, -0.2) is 24.8 Å². The van der Waals surface area contributed by atoms with E-state index in [9.17, 15) is 14.4 Å². The van der Waals surface area contributed by atoms with Crippen molar-refractivity contribution in [1.29, 1.82) is 0 Å². The minimum absolute atomic E-state index is 0.228. The molecule has 1 aliphatic heterocycles. The highest BCUT2D eigenvalue weighted by atomic mass is 16.5. The van der Waals surface area contributed by atoms with E-state index in [1.807, 2.05) is 13.0 Å². The minimum atomic E-state index is -0.390. The number of benzene rings is 2. The van der Waals surface area contributed by atoms with Crippen LogP contribution in [0, 0.1) is 11.8 Å². The zero-order valence-electron chi connectivity index (χ0n) is 16.3. The SMILES string of the molecule is COc1cccc(NC(=O)c2ccccc2N2C(=O)[C@H]3CC=C(C)C[C@H]3C2=O)c1. The molecule has 0 saturated carbocycles. The molecular weight excluding hydrogens is 368 g/mol. The quantitative estimate of drug-likeness (QED) is 0.637. The second-order valence-electron chi connectivity index (χ2n) is 7.42. The van der Waals surface area contributed by atoms with Crippen LogP contribution >= 0.6 is 0 Å². The zero-order chi connectivity index (χ0) is 20.5. The largest absolute Gasteiger partial charge is 0.497 e. The third-order valence-electron chi connectivity index (χ3n) is 5.54. The van der Waals surface area contributed by atoms with E-state index in [-0.39, 0.29) is 29.2 Å². The fourth-order valence-corrected chi connectivity index (χ4v) is 4.03. The van der Waals surface area contributed by atoms with Gasteiger partial charge in [0, 0.05) is 11.8 Å². The van der Waals surface area contributed by atoms with E-state index in [0.29, 0.717) is 30.0 Å². The van der Waals surface area contributed by atoms with Crippen LogP contribution in [0.25, 0.3) is 0 Å². The standard InChI is InChI=1S/C23H22N2O4/c1-14-10-11-17-19(12-14)23(28)25(22(17)27)20-9-4-3-8-18(20)21(26)24-15-6-5-7-16(13-15)29-2/h3-10,13,17,19H,11-12H2,1-2H3,(H,24,26)/t17-,19+/m0/s1. The Morgan fingerprint density at radius 3 is 2.62 bits per heavy atom. The third kappa shape index (κ3) is 3.42. The molecule has 6 heteroatoms. The van der Waals surface area contributed by atoms with Crippen molar-refractivity contribution >= 4 is 29.1 Å². The normalized spacial score (nSPS) is 20.9. The molecule has 0 aromatic heterocycles. The lowest BCUT2D eigenvalue weighted by Crippen LogP contribution is -2.33. The number of fused-ring (bicyclic) bond motifs is 1. The van der Waals surface area contributed by atoms with Gasteiger partial charge in [0.1, 0.15) is 5.75 Å². The summed E-state index contributed by atoms with van der Waals surface area (Å²) in [5, 5.41) is 2.82. The molecule has 1 fully saturated rings. The van der Waals surface area contributed by atoms with E-state index in [1.165, 1.54) is 4.90 Å². The fraction of sp³-hybridized carbons (Fsp3) is 0.261. The molecule has 1 aliphatic carbocycles. The van der Waals surface area contributed by atoms with Crippen molar-refractivity contribution in [3.8, 4) is 5.75 Å². The first-order valence-corrected chi connectivity index (χ1v) is 9.57. The van der Waals surface area contributed by atoms with Gasteiger partial charge >= 0.3 is 0 Å². The van der Waals surface area contributed by atoms with Gasteiger partial charge in [-0.05, 0) is 44.0 Å². The summed E-state index contributed by atoms with van der Waals surface area (Å²) in [6, 6.07) is 13.7. The predicted octanol–water partition coefficient (Wildman–Crippen LogP) is 3.79. The number of amides is 3. The molecule has 148 valence electrons. The van der Waals surface area contributed by atoms with Crippen molar-refractivity contribution in [3.63, 3.8) is 0 Å². The smallest absolute Gasteiger partial charge is 0.257 e. The van der Waals surface area contributed by atoms with Gasteiger partial charge in [-0.2, -0.15) is 0 Å². The summed E-state index contributed by atoms with van der Waals surface area (Å²) in [7, 11) is 1.55. The van der Waals surface area contributed by atoms with Crippen molar-refractivity contribution in [2.75, 3.05) is 17.3 Å². The third-order valence-corrected chi connectivity index (χ3v) is 5.54. The van der Waals surface area contributed by atoms with Crippen LogP contribution in [0.2, 0.25) is 0 Å². The summed E-state index contributed by atoms with van der Waals surface area (Å²) in [6.45, 7) is 1.98. The number of anilines is 2. The Balaban J connectivity index is 1.64. The molecule has 0 spiro atoms. The number of carbonyl (C=O) groups excluding carboxylic acids is 3. The van der Waals surface area contributed by atoms with E-state index in [4.69, 9.17) is 4.74 Å². The maximum atomic E-state index is 13.0. The first kappa shape index (κ1) is 18.9. The summed E-state index contributed by atoms with van der Waals surface area (Å²) in [6.07, 6.45) is 3.18. The molecule has 4 rings (SSSR count). The average Bonchev–Trinajstić information content (AvgIpc) is 2.97. The Morgan fingerprint density at radius 1 is 1.07 bits per heavy atom. The Bertz CT molecular complexity index is 1030. The second-order valence-corrected chi connectivity index (χ2v) is 7.42. The molecule has 0 radical (unpaired) electrons. The number of nitrogens with zero attached hydrogens (tertiary/aromatic N) is 1. The number of nitrogens with one attached hydrogen (secondary N) is 1. The van der Waals surface area contributed by atoms with E-state index < -0.39 is 5.91 Å². The number of ether oxygens (including phenoxy) is 1. The topological polar surface area (TPSA) is 75.7 Å². The van der Waals surface area contributed by atoms with Crippen LogP contribution in [0.4, 0.5) is 11.4 Å². The van der Waals surface area contributed by atoms with Crippen molar-refractivity contribution in [2.24, 2.45) is 11.8 Å². The molecule has 2 aromatic rings. The van der Waals surface area contributed by atoms with Gasteiger partial charge in [0.15, 0.2) is 0 Å². The Morgan fingerprint density at radius 2 is 1.83 bits per heavy atom. The van der Waals surface area contributed by atoms with Crippen LogP contribution in [-0.2, 0) is 9.59 Å². The number of allylic oxidation sites excluding steroid dienone is 2. The van der Waals surface area contributed by atoms with Gasteiger partial charge in [-0.15, -0.1) is 0 Å². The lowest BCUT2D eigenvalue weighted by Gasteiger charge is -2.19. The first-order chi connectivity index (χ1) is 14.0. The number of carbonyl (C=O) groups is 3. The Labute approximate surface area is 169 Å². The lowest BCUT2D eigenvalue weighted by molar-refractivity contribution is -0.122. The molecule has 6 nitrogen and oxygen atoms in total. The number of hydrogen-bond acceptors (Lipinski definition) is 4. The summed E-state index contributed by atoms with van der Waals surface area (Å²) >= 11 is 0. The van der Waals surface area contributed by atoms with Crippen LogP contribution in [0.15, 0.2) is 60.2 Å². The van der Waals surface area contributed by atoms with E-state index >= 15 is 0 Å². The molecule has 0 unspecified atom stereocenters. The molecule has 1 N–H and O–H groups in total. The van der Waals surface area contributed by atoms with Crippen LogP contribution in [0.5, 0.6) is 5.75 Å². The highest BCUT2D eigenvalue weighted by Crippen LogP contribution is 2.40. The molecular formula is C23H22N2O4. The van der Waals surface area contributed by atoms with Gasteiger partial charge in [0.2, 0.25) is 11.8 Å².